The Bertz CT molecular complexity index is 1900. The Morgan fingerprint density at radius 2 is 1.93 bits per heavy atom. The van der Waals surface area contributed by atoms with Crippen molar-refractivity contribution in [1.29, 1.82) is 0 Å². The molecule has 1 N–H and O–H groups in total. The number of nitrogens with zero attached hydrogens (tertiary/aromatic N) is 7. The molecule has 3 aromatic heterocycles. The number of aldehydes is 1. The van der Waals surface area contributed by atoms with Gasteiger partial charge in [0, 0.05) is 43.0 Å². The number of rotatable bonds is 4. The number of aromatic nitrogens is 5. The first-order valence-corrected chi connectivity index (χ1v) is 14.7. The maximum Gasteiger partial charge on any atom is 0.419 e. The van der Waals surface area contributed by atoms with Crippen LogP contribution in [0.1, 0.15) is 49.0 Å². The number of aryl methyl sites for hydroxylation is 1. The number of amides is 1. The summed E-state index contributed by atoms with van der Waals surface area (Å²) >= 11 is 6.10. The Labute approximate surface area is 265 Å². The van der Waals surface area contributed by atoms with Crippen LogP contribution in [0.5, 0.6) is 0 Å². The Morgan fingerprint density at radius 1 is 1.13 bits per heavy atom. The molecular weight excluding hydrogens is 628 g/mol. The normalized spacial score (nSPS) is 18.9. The number of aliphatic imine (C=N–C) groups is 1. The lowest BCUT2D eigenvalue weighted by Crippen LogP contribution is -2.33. The molecule has 0 fully saturated rings. The number of hydrogen-bond acceptors (Lipinski definition) is 7. The fourth-order valence-corrected chi connectivity index (χ4v) is 5.89. The molecule has 238 valence electrons. The van der Waals surface area contributed by atoms with E-state index < -0.39 is 23.6 Å². The molecule has 5 heterocycles. The summed E-state index contributed by atoms with van der Waals surface area (Å²) in [6.07, 6.45) is 3.70. The predicted octanol–water partition coefficient (Wildman–Crippen LogP) is 6.23. The molecule has 2 atom stereocenters. The Morgan fingerprint density at radius 3 is 2.67 bits per heavy atom. The van der Waals surface area contributed by atoms with Gasteiger partial charge in [0.2, 0.25) is 5.91 Å². The van der Waals surface area contributed by atoms with Crippen LogP contribution in [0.2, 0.25) is 5.02 Å². The van der Waals surface area contributed by atoms with E-state index in [1.807, 2.05) is 19.1 Å². The summed E-state index contributed by atoms with van der Waals surface area (Å²) in [7, 11) is 1.77. The monoisotopic (exact) mass is 654 g/mol. The van der Waals surface area contributed by atoms with Crippen molar-refractivity contribution in [3.05, 3.63) is 82.3 Å². The molecule has 0 saturated heterocycles. The SMILES string of the molecule is C[C@@H]1CCC[C@H](N2C=NC(c3c(-n4cc(C(F)(F)F)cn4)ccc(Cl)c3F)=C(C=O)C2)c2cc(ccn2)-c2c(cnn2C)NC1=O. The molecule has 1 aromatic carbocycles. The van der Waals surface area contributed by atoms with E-state index in [1.165, 1.54) is 18.5 Å². The number of alkyl halides is 3. The van der Waals surface area contributed by atoms with Gasteiger partial charge in [0.25, 0.3) is 0 Å². The third kappa shape index (κ3) is 5.80. The summed E-state index contributed by atoms with van der Waals surface area (Å²) in [5.74, 6) is -1.38. The molecule has 10 nitrogen and oxygen atoms in total. The summed E-state index contributed by atoms with van der Waals surface area (Å²) in [5.41, 5.74) is 1.35. The average Bonchev–Trinajstić information content (AvgIpc) is 3.67. The Kier molecular flexibility index (Phi) is 8.23. The molecule has 2 aliphatic heterocycles. The van der Waals surface area contributed by atoms with E-state index in [0.29, 0.717) is 48.8 Å². The zero-order chi connectivity index (χ0) is 32.7. The quantitative estimate of drug-likeness (QED) is 0.206. The maximum atomic E-state index is 15.6. The van der Waals surface area contributed by atoms with Gasteiger partial charge in [-0.1, -0.05) is 24.9 Å². The molecule has 2 aliphatic rings. The Balaban J connectivity index is 1.40. The summed E-state index contributed by atoms with van der Waals surface area (Å²) in [4.78, 5) is 36.4. The first-order valence-electron chi connectivity index (χ1n) is 14.3. The second kappa shape index (κ2) is 12.2. The van der Waals surface area contributed by atoms with Crippen LogP contribution >= 0.6 is 11.6 Å². The first kappa shape index (κ1) is 31.1. The van der Waals surface area contributed by atoms with Crippen LogP contribution in [-0.4, -0.2) is 54.5 Å². The third-order valence-corrected chi connectivity index (χ3v) is 8.45. The van der Waals surface area contributed by atoms with Gasteiger partial charge in [-0.15, -0.1) is 0 Å². The van der Waals surface area contributed by atoms with Crippen molar-refractivity contribution in [1.82, 2.24) is 29.4 Å². The minimum atomic E-state index is -4.67. The summed E-state index contributed by atoms with van der Waals surface area (Å²) in [5, 5.41) is 10.8. The predicted molar refractivity (Wildman–Crippen MR) is 163 cm³/mol. The van der Waals surface area contributed by atoms with Crippen molar-refractivity contribution in [3.8, 4) is 16.9 Å². The van der Waals surface area contributed by atoms with Gasteiger partial charge in [-0.3, -0.25) is 19.3 Å². The number of pyridine rings is 1. The molecule has 0 saturated carbocycles. The van der Waals surface area contributed by atoms with Gasteiger partial charge in [-0.05, 0) is 37.1 Å². The highest BCUT2D eigenvalue weighted by molar-refractivity contribution is 6.31. The number of carbonyl (C=O) groups excluding carboxylic acids is 2. The molecule has 0 unspecified atom stereocenters. The van der Waals surface area contributed by atoms with Crippen LogP contribution in [-0.2, 0) is 22.8 Å². The van der Waals surface area contributed by atoms with Gasteiger partial charge in [-0.25, -0.2) is 14.1 Å². The van der Waals surface area contributed by atoms with Crippen LogP contribution in [0.15, 0.2) is 59.6 Å². The van der Waals surface area contributed by atoms with E-state index in [9.17, 15) is 22.8 Å². The molecule has 0 aliphatic carbocycles. The summed E-state index contributed by atoms with van der Waals surface area (Å²) in [6.45, 7) is 1.84. The lowest BCUT2D eigenvalue weighted by molar-refractivity contribution is -0.137. The molecule has 0 radical (unpaired) electrons. The van der Waals surface area contributed by atoms with E-state index >= 15 is 4.39 Å². The van der Waals surface area contributed by atoms with Crippen LogP contribution in [0, 0.1) is 11.7 Å². The highest BCUT2D eigenvalue weighted by Gasteiger charge is 2.34. The van der Waals surface area contributed by atoms with Gasteiger partial charge in [0.15, 0.2) is 5.82 Å². The summed E-state index contributed by atoms with van der Waals surface area (Å²) < 4.78 is 58.2. The smallest absolute Gasteiger partial charge is 0.349 e. The largest absolute Gasteiger partial charge is 0.419 e. The maximum absolute atomic E-state index is 15.6. The van der Waals surface area contributed by atoms with Gasteiger partial charge in [-0.2, -0.15) is 23.4 Å². The van der Waals surface area contributed by atoms with Crippen molar-refractivity contribution >= 4 is 41.5 Å². The second-order valence-electron chi connectivity index (χ2n) is 11.2. The molecule has 0 spiro atoms. The standard InChI is InChI=1S/C31H27ClF4N8O2/c1-17-4-3-5-24(22-10-18(8-9-37-22)29-23(41-30(17)46)12-39-42(29)2)43-13-19(15-45)28(38-16-43)26-25(7-6-21(32)27(26)33)44-14-20(11-40-44)31(34,35)36/h6-12,14-17,24H,3-5,13H2,1-2H3,(H,41,46)/t17-,24+/m1/s1. The van der Waals surface area contributed by atoms with Gasteiger partial charge in [0.1, 0.15) is 6.29 Å². The Hall–Kier alpha value is -4.85. The number of hydrogen-bond donors (Lipinski definition) is 1. The average molecular weight is 655 g/mol. The lowest BCUT2D eigenvalue weighted by Gasteiger charge is -2.33. The fraction of sp³-hybridized carbons (Fsp3) is 0.290. The number of carbonyl (C=O) groups is 2. The molecule has 2 bridgehead atoms. The van der Waals surface area contributed by atoms with Gasteiger partial charge >= 0.3 is 6.18 Å². The van der Waals surface area contributed by atoms with Crippen LogP contribution in [0.3, 0.4) is 0 Å². The first-order chi connectivity index (χ1) is 22.0. The molecular formula is C31H27ClF4N8O2. The molecule has 1 amide bonds. The van der Waals surface area contributed by atoms with Crippen molar-refractivity contribution in [2.75, 3.05) is 11.9 Å². The van der Waals surface area contributed by atoms with E-state index in [4.69, 9.17) is 11.6 Å². The van der Waals surface area contributed by atoms with E-state index in [1.54, 1.807) is 29.0 Å². The van der Waals surface area contributed by atoms with Crippen LogP contribution < -0.4 is 5.32 Å². The number of benzene rings is 1. The van der Waals surface area contributed by atoms with E-state index in [-0.39, 0.29) is 45.9 Å². The lowest BCUT2D eigenvalue weighted by atomic mass is 9.95. The zero-order valence-corrected chi connectivity index (χ0v) is 25.3. The van der Waals surface area contributed by atoms with Crippen molar-refractivity contribution in [2.45, 2.75) is 38.4 Å². The number of anilines is 1. The molecule has 4 aromatic rings. The highest BCUT2D eigenvalue weighted by atomic mass is 35.5. The number of halogens is 5. The second-order valence-corrected chi connectivity index (χ2v) is 11.6. The number of fused-ring (bicyclic) bond motifs is 4. The van der Waals surface area contributed by atoms with Crippen molar-refractivity contribution < 1.29 is 27.2 Å². The summed E-state index contributed by atoms with van der Waals surface area (Å²) in [6, 6.07) is 5.82. The molecule has 46 heavy (non-hydrogen) atoms. The number of nitrogens with one attached hydrogen (secondary N) is 1. The van der Waals surface area contributed by atoms with E-state index in [0.717, 1.165) is 16.4 Å². The van der Waals surface area contributed by atoms with Crippen LogP contribution in [0.25, 0.3) is 22.6 Å². The van der Waals surface area contributed by atoms with Gasteiger partial charge < -0.3 is 10.2 Å². The molecule has 15 heteroatoms. The highest BCUT2D eigenvalue weighted by Crippen LogP contribution is 2.38. The van der Waals surface area contributed by atoms with Crippen LogP contribution in [0.4, 0.5) is 23.2 Å². The van der Waals surface area contributed by atoms with Crippen molar-refractivity contribution in [2.24, 2.45) is 18.0 Å². The minimum Gasteiger partial charge on any atom is -0.349 e. The minimum absolute atomic E-state index is 0.00971. The topological polar surface area (TPSA) is 110 Å². The molecule has 6 rings (SSSR count). The van der Waals surface area contributed by atoms with E-state index in [2.05, 4.69) is 25.5 Å². The zero-order valence-electron chi connectivity index (χ0n) is 24.6. The third-order valence-electron chi connectivity index (χ3n) is 8.16. The van der Waals surface area contributed by atoms with Gasteiger partial charge in [0.05, 0.1) is 69.4 Å². The van der Waals surface area contributed by atoms with Crippen molar-refractivity contribution in [3.63, 3.8) is 0 Å². The fourth-order valence-electron chi connectivity index (χ4n) is 5.73.